The zero-order valence-electron chi connectivity index (χ0n) is 37.2. The van der Waals surface area contributed by atoms with Crippen molar-refractivity contribution in [2.24, 2.45) is 0 Å². The maximum absolute atomic E-state index is 6.64. The summed E-state index contributed by atoms with van der Waals surface area (Å²) < 4.78 is 11.2. The molecule has 0 atom stereocenters. The van der Waals surface area contributed by atoms with Crippen LogP contribution in [0.2, 0.25) is 0 Å². The van der Waals surface area contributed by atoms with Crippen LogP contribution < -0.4 is 14.5 Å². The van der Waals surface area contributed by atoms with E-state index in [0.717, 1.165) is 55.8 Å². The van der Waals surface area contributed by atoms with E-state index in [1.165, 1.54) is 38.5 Å². The summed E-state index contributed by atoms with van der Waals surface area (Å²) in [5.41, 5.74) is 13.1. The van der Waals surface area contributed by atoms with Gasteiger partial charge in [-0.05, 0) is 112 Å². The number of fused-ring (bicyclic) bond motifs is 6. The normalized spacial score (nSPS) is 12.7. The topological polar surface area (TPSA) is 38.5 Å². The van der Waals surface area contributed by atoms with Crippen molar-refractivity contribution >= 4 is 55.0 Å². The summed E-state index contributed by atoms with van der Waals surface area (Å²) in [7, 11) is 0. The van der Waals surface area contributed by atoms with Crippen molar-refractivity contribution in [1.29, 1.82) is 0 Å². The number of hydrogen-bond donors (Lipinski definition) is 0. The number of para-hydroxylation sites is 2. The van der Waals surface area contributed by atoms with Crippen LogP contribution in [-0.4, -0.2) is 14.1 Å². The van der Waals surface area contributed by atoms with E-state index in [1.54, 1.807) is 0 Å². The predicted molar refractivity (Wildman–Crippen MR) is 272 cm³/mol. The van der Waals surface area contributed by atoms with Crippen LogP contribution in [0.15, 0.2) is 207 Å². The van der Waals surface area contributed by atoms with E-state index in [9.17, 15) is 0 Å². The van der Waals surface area contributed by atoms with Gasteiger partial charge in [0.05, 0.1) is 11.0 Å². The van der Waals surface area contributed by atoms with E-state index >= 15 is 0 Å². The molecule has 4 heterocycles. The molecule has 0 spiro atoms. The second-order valence-electron chi connectivity index (χ2n) is 17.9. The Morgan fingerprint density at radius 1 is 0.478 bits per heavy atom. The Kier molecular flexibility index (Phi) is 10.6. The zero-order valence-corrected chi connectivity index (χ0v) is 39.4. The smallest absolute Gasteiger partial charge is 0.135 e. The minimum Gasteiger partial charge on any atom is -0.509 e. The number of rotatable bonds is 8. The van der Waals surface area contributed by atoms with Crippen LogP contribution in [0.3, 0.4) is 0 Å². The Balaban J connectivity index is 0.00000494. The van der Waals surface area contributed by atoms with Gasteiger partial charge >= 0.3 is 0 Å². The molecule has 12 rings (SSSR count). The molecule has 6 nitrogen and oxygen atoms in total. The summed E-state index contributed by atoms with van der Waals surface area (Å²) in [6.07, 6.45) is 6.04. The van der Waals surface area contributed by atoms with Crippen LogP contribution in [-0.2, 0) is 26.5 Å². The second kappa shape index (κ2) is 17.0. The van der Waals surface area contributed by atoms with E-state index in [0.29, 0.717) is 11.5 Å². The number of pyridine rings is 1. The van der Waals surface area contributed by atoms with Crippen molar-refractivity contribution in [3.05, 3.63) is 231 Å². The molecule has 11 aromatic rings. The molecule has 0 N–H and O–H groups in total. The molecule has 0 radical (unpaired) electrons. The zero-order chi connectivity index (χ0) is 44.4. The van der Waals surface area contributed by atoms with Crippen molar-refractivity contribution in [2.75, 3.05) is 9.80 Å². The fourth-order valence-corrected chi connectivity index (χ4v) is 9.33. The predicted octanol–water partition coefficient (Wildman–Crippen LogP) is 15.2. The van der Waals surface area contributed by atoms with E-state index in [4.69, 9.17) is 9.72 Å². The van der Waals surface area contributed by atoms with Crippen LogP contribution in [0.25, 0.3) is 77.4 Å². The van der Waals surface area contributed by atoms with Crippen molar-refractivity contribution in [1.82, 2.24) is 14.1 Å². The molecular formula is C60H44N5OPt-3. The minimum absolute atomic E-state index is 0. The molecule has 0 fully saturated rings. The number of benzene rings is 8. The third kappa shape index (κ3) is 7.67. The number of aromatic nitrogens is 3. The van der Waals surface area contributed by atoms with Gasteiger partial charge < -0.3 is 23.7 Å². The minimum atomic E-state index is -0.0602. The van der Waals surface area contributed by atoms with Crippen LogP contribution >= 0.6 is 0 Å². The quantitative estimate of drug-likeness (QED) is 0.142. The fourth-order valence-electron chi connectivity index (χ4n) is 9.33. The Bertz CT molecular complexity index is 3550. The molecule has 67 heavy (non-hydrogen) atoms. The fraction of sp³-hybridized carbons (Fsp3) is 0.0667. The number of ether oxygens (including phenoxy) is 1. The Hall–Kier alpha value is -7.66. The first-order valence-corrected chi connectivity index (χ1v) is 22.3. The van der Waals surface area contributed by atoms with Gasteiger partial charge in [-0.15, -0.1) is 48.1 Å². The summed E-state index contributed by atoms with van der Waals surface area (Å²) in [6.45, 7) is 8.78. The number of anilines is 2. The largest absolute Gasteiger partial charge is 0.509 e. The number of nitrogens with zero attached hydrogens (tertiary/aromatic N) is 5. The maximum Gasteiger partial charge on any atom is 0.135 e. The van der Waals surface area contributed by atoms with Gasteiger partial charge in [0, 0.05) is 66.4 Å². The average Bonchev–Trinajstić information content (AvgIpc) is 4.08. The van der Waals surface area contributed by atoms with E-state index in [1.807, 2.05) is 30.5 Å². The Morgan fingerprint density at radius 2 is 1.10 bits per heavy atom. The summed E-state index contributed by atoms with van der Waals surface area (Å²) in [5.74, 6) is 2.01. The van der Waals surface area contributed by atoms with Crippen LogP contribution in [0, 0.1) is 18.8 Å². The summed E-state index contributed by atoms with van der Waals surface area (Å²) >= 11 is 0. The van der Waals surface area contributed by atoms with Gasteiger partial charge in [-0.2, -0.15) is 12.1 Å². The SMILES string of the molecule is CC(C)(C)c1ccnc(-n2c3[c-]c(Oc4[c-]c(N5C=CN(c6cc(-c7ccccc7)cc(-c7ccccc7)c6)[CH-]5)ccc4)ccc3c3cc(-n4c5ccccc5c5ccccc54)ccc32)c1.[Pt]. The first-order valence-electron chi connectivity index (χ1n) is 22.3. The third-order valence-electron chi connectivity index (χ3n) is 12.6. The second-order valence-corrected chi connectivity index (χ2v) is 17.9. The Labute approximate surface area is 404 Å². The van der Waals surface area contributed by atoms with E-state index < -0.39 is 0 Å². The molecule has 0 aliphatic carbocycles. The molecule has 7 heteroatoms. The molecule has 0 amide bonds. The molecule has 1 aliphatic heterocycles. The van der Waals surface area contributed by atoms with Gasteiger partial charge in [-0.3, -0.25) is 0 Å². The molecule has 0 saturated carbocycles. The molecule has 0 bridgehead atoms. The molecule has 0 saturated heterocycles. The molecule has 0 unspecified atom stereocenters. The van der Waals surface area contributed by atoms with Crippen molar-refractivity contribution in [3.8, 4) is 45.3 Å². The van der Waals surface area contributed by atoms with Crippen LogP contribution in [0.5, 0.6) is 11.5 Å². The van der Waals surface area contributed by atoms with Crippen molar-refractivity contribution in [2.45, 2.75) is 26.2 Å². The van der Waals surface area contributed by atoms with Gasteiger partial charge in [0.1, 0.15) is 5.82 Å². The van der Waals surface area contributed by atoms with E-state index in [2.05, 4.69) is 235 Å². The standard InChI is InChI=1S/C60H44N5O.Pt/c1-60(2,3)45-29-30-61-59(36-45)65-57-28-25-47(64-55-23-12-10-21-51(55)52-22-11-13-24-56(52)64)38-54(57)53-27-26-50(39-58(53)65)66-49-20-14-19-46(37-49)62-31-32-63(40-62)48-34-43(41-15-6-4-7-16-41)33-44(35-48)42-17-8-5-9-18-42;/h4-36,38,40H,1-3H3;/q-3;. The van der Waals surface area contributed by atoms with Gasteiger partial charge in [-0.1, -0.05) is 123 Å². The molecule has 1 aliphatic rings. The van der Waals surface area contributed by atoms with Crippen molar-refractivity contribution < 1.29 is 25.8 Å². The Morgan fingerprint density at radius 3 is 1.79 bits per heavy atom. The maximum atomic E-state index is 6.64. The van der Waals surface area contributed by atoms with Gasteiger partial charge in [0.25, 0.3) is 0 Å². The van der Waals surface area contributed by atoms with Gasteiger partial charge in [0.2, 0.25) is 0 Å². The molecule has 328 valence electrons. The van der Waals surface area contributed by atoms with Crippen LogP contribution in [0.1, 0.15) is 26.3 Å². The summed E-state index contributed by atoms with van der Waals surface area (Å²) in [4.78, 5) is 9.17. The molecule has 3 aromatic heterocycles. The summed E-state index contributed by atoms with van der Waals surface area (Å²) in [6, 6.07) is 73.5. The third-order valence-corrected chi connectivity index (χ3v) is 12.6. The molecule has 8 aromatic carbocycles. The van der Waals surface area contributed by atoms with Crippen molar-refractivity contribution in [3.63, 3.8) is 0 Å². The number of hydrogen-bond acceptors (Lipinski definition) is 4. The van der Waals surface area contributed by atoms with Crippen LogP contribution in [0.4, 0.5) is 11.4 Å². The summed E-state index contributed by atoms with van der Waals surface area (Å²) in [5, 5.41) is 4.63. The van der Waals surface area contributed by atoms with Gasteiger partial charge in [0.15, 0.2) is 0 Å². The monoisotopic (exact) mass is 1050 g/mol. The van der Waals surface area contributed by atoms with Gasteiger partial charge in [-0.25, -0.2) is 4.98 Å². The van der Waals surface area contributed by atoms with E-state index in [-0.39, 0.29) is 26.5 Å². The first kappa shape index (κ1) is 42.0. The molecular weight excluding hydrogens is 1000 g/mol. The first-order chi connectivity index (χ1) is 32.3. The average molecular weight is 1050 g/mol.